The highest BCUT2D eigenvalue weighted by molar-refractivity contribution is 5.32. The Hall–Kier alpha value is -1.20. The Morgan fingerprint density at radius 2 is 2.25 bits per heavy atom. The van der Waals surface area contributed by atoms with E-state index in [9.17, 15) is 0 Å². The lowest BCUT2D eigenvalue weighted by molar-refractivity contribution is 0.116. The summed E-state index contributed by atoms with van der Waals surface area (Å²) in [6.45, 7) is 4.71. The summed E-state index contributed by atoms with van der Waals surface area (Å²) in [6.07, 6.45) is 7.22. The summed E-state index contributed by atoms with van der Waals surface area (Å²) in [5.41, 5.74) is 2.27. The molecule has 0 radical (unpaired) electrons. The van der Waals surface area contributed by atoms with Gasteiger partial charge in [-0.1, -0.05) is 0 Å². The largest absolute Gasteiger partial charge is 0.376 e. The summed E-state index contributed by atoms with van der Waals surface area (Å²) in [5.74, 6) is 0.799. The fraction of sp³-hybridized carbons (Fsp3) is 0.733. The maximum atomic E-state index is 5.66. The third-order valence-corrected chi connectivity index (χ3v) is 4.07. The van der Waals surface area contributed by atoms with Crippen LogP contribution < -0.4 is 10.2 Å². The zero-order valence-corrected chi connectivity index (χ0v) is 12.4. The van der Waals surface area contributed by atoms with Gasteiger partial charge in [-0.2, -0.15) is 0 Å². The molecule has 20 heavy (non-hydrogen) atoms. The van der Waals surface area contributed by atoms with Crippen molar-refractivity contribution in [1.82, 2.24) is 15.3 Å². The zero-order valence-electron chi connectivity index (χ0n) is 12.4. The Kier molecular flexibility index (Phi) is 4.17. The average molecular weight is 276 g/mol. The second-order valence-corrected chi connectivity index (χ2v) is 5.95. The Morgan fingerprint density at radius 3 is 2.90 bits per heavy atom. The molecule has 1 aliphatic carbocycles. The van der Waals surface area contributed by atoms with E-state index in [4.69, 9.17) is 4.74 Å². The van der Waals surface area contributed by atoms with Gasteiger partial charge in [0.1, 0.15) is 0 Å². The minimum atomic E-state index is 0.333. The standard InChI is InChI=1S/C15H24N4O/c1-11-12(8-16-13-5-6-13)9-17-15(18-11)19(2)10-14-4-3-7-20-14/h9,13-14,16H,3-8,10H2,1-2H3. The summed E-state index contributed by atoms with van der Waals surface area (Å²) in [4.78, 5) is 11.2. The van der Waals surface area contributed by atoms with Crippen molar-refractivity contribution in [2.45, 2.75) is 51.3 Å². The van der Waals surface area contributed by atoms with Crippen LogP contribution in [0.3, 0.4) is 0 Å². The lowest BCUT2D eigenvalue weighted by Gasteiger charge is -2.21. The highest BCUT2D eigenvalue weighted by Crippen LogP contribution is 2.20. The molecule has 0 spiro atoms. The molecule has 3 rings (SSSR count). The number of rotatable bonds is 6. The number of aryl methyl sites for hydroxylation is 1. The van der Waals surface area contributed by atoms with E-state index in [0.29, 0.717) is 6.10 Å². The molecule has 1 aliphatic heterocycles. The fourth-order valence-corrected chi connectivity index (χ4v) is 2.55. The van der Waals surface area contributed by atoms with Gasteiger partial charge in [0.25, 0.3) is 0 Å². The van der Waals surface area contributed by atoms with Crippen molar-refractivity contribution >= 4 is 5.95 Å². The van der Waals surface area contributed by atoms with Crippen LogP contribution in [0.2, 0.25) is 0 Å². The van der Waals surface area contributed by atoms with Crippen molar-refractivity contribution in [3.63, 3.8) is 0 Å². The van der Waals surface area contributed by atoms with E-state index >= 15 is 0 Å². The number of nitrogens with zero attached hydrogens (tertiary/aromatic N) is 3. The lowest BCUT2D eigenvalue weighted by atomic mass is 10.2. The van der Waals surface area contributed by atoms with Gasteiger partial charge < -0.3 is 15.0 Å². The summed E-state index contributed by atoms with van der Waals surface area (Å²) < 4.78 is 5.66. The van der Waals surface area contributed by atoms with E-state index in [1.165, 1.54) is 24.8 Å². The first-order valence-electron chi connectivity index (χ1n) is 7.61. The summed E-state index contributed by atoms with van der Waals surface area (Å²) in [5, 5.41) is 3.51. The van der Waals surface area contributed by atoms with Gasteiger partial charge in [-0.05, 0) is 32.6 Å². The Morgan fingerprint density at radius 1 is 1.40 bits per heavy atom. The number of likely N-dealkylation sites (N-methyl/N-ethyl adjacent to an activating group) is 1. The minimum Gasteiger partial charge on any atom is -0.376 e. The summed E-state index contributed by atoms with van der Waals surface area (Å²) >= 11 is 0. The molecule has 2 aliphatic rings. The number of aromatic nitrogens is 2. The number of hydrogen-bond donors (Lipinski definition) is 1. The summed E-state index contributed by atoms with van der Waals surface area (Å²) in [7, 11) is 2.04. The predicted octanol–water partition coefficient (Wildman–Crippen LogP) is 1.65. The Bertz CT molecular complexity index is 455. The summed E-state index contributed by atoms with van der Waals surface area (Å²) in [6, 6.07) is 0.719. The highest BCUT2D eigenvalue weighted by atomic mass is 16.5. The fourth-order valence-electron chi connectivity index (χ4n) is 2.55. The van der Waals surface area contributed by atoms with Gasteiger partial charge in [0, 0.05) is 50.2 Å². The van der Waals surface area contributed by atoms with Crippen LogP contribution in [0, 0.1) is 6.92 Å². The van der Waals surface area contributed by atoms with Gasteiger partial charge >= 0.3 is 0 Å². The predicted molar refractivity (Wildman–Crippen MR) is 78.9 cm³/mol. The van der Waals surface area contributed by atoms with Crippen molar-refractivity contribution in [3.05, 3.63) is 17.5 Å². The third-order valence-electron chi connectivity index (χ3n) is 4.07. The van der Waals surface area contributed by atoms with Crippen LogP contribution >= 0.6 is 0 Å². The minimum absolute atomic E-state index is 0.333. The molecule has 1 unspecified atom stereocenters. The lowest BCUT2D eigenvalue weighted by Crippen LogP contribution is -2.30. The molecule has 0 aromatic carbocycles. The second-order valence-electron chi connectivity index (χ2n) is 5.95. The van der Waals surface area contributed by atoms with E-state index in [1.54, 1.807) is 0 Å². The monoisotopic (exact) mass is 276 g/mol. The molecule has 2 fully saturated rings. The van der Waals surface area contributed by atoms with Gasteiger partial charge in [-0.3, -0.25) is 0 Å². The van der Waals surface area contributed by atoms with Gasteiger partial charge in [-0.15, -0.1) is 0 Å². The molecule has 1 N–H and O–H groups in total. The Labute approximate surface area is 120 Å². The van der Waals surface area contributed by atoms with Crippen molar-refractivity contribution < 1.29 is 4.74 Å². The molecule has 0 amide bonds. The topological polar surface area (TPSA) is 50.3 Å². The Balaban J connectivity index is 1.59. The van der Waals surface area contributed by atoms with Gasteiger partial charge in [0.05, 0.1) is 6.10 Å². The third kappa shape index (κ3) is 3.46. The van der Waals surface area contributed by atoms with E-state index < -0.39 is 0 Å². The normalized spacial score (nSPS) is 22.2. The molecule has 1 saturated heterocycles. The van der Waals surface area contributed by atoms with E-state index in [1.807, 2.05) is 13.2 Å². The van der Waals surface area contributed by atoms with Crippen LogP contribution in [0.25, 0.3) is 0 Å². The van der Waals surface area contributed by atoms with Crippen molar-refractivity contribution in [2.75, 3.05) is 25.1 Å². The highest BCUT2D eigenvalue weighted by Gasteiger charge is 2.21. The first kappa shape index (κ1) is 13.8. The molecule has 1 aromatic heterocycles. The maximum absolute atomic E-state index is 5.66. The number of ether oxygens (including phenoxy) is 1. The smallest absolute Gasteiger partial charge is 0.225 e. The van der Waals surface area contributed by atoms with Gasteiger partial charge in [0.15, 0.2) is 0 Å². The van der Waals surface area contributed by atoms with Crippen LogP contribution in [0.5, 0.6) is 0 Å². The molecule has 0 bridgehead atoms. The van der Waals surface area contributed by atoms with Crippen molar-refractivity contribution in [3.8, 4) is 0 Å². The van der Waals surface area contributed by atoms with Crippen LogP contribution in [0.1, 0.15) is 36.9 Å². The number of nitrogens with one attached hydrogen (secondary N) is 1. The number of anilines is 1. The van der Waals surface area contributed by atoms with Crippen LogP contribution in [0.4, 0.5) is 5.95 Å². The molecule has 1 atom stereocenters. The van der Waals surface area contributed by atoms with Crippen LogP contribution in [-0.4, -0.2) is 42.3 Å². The molecule has 1 saturated carbocycles. The van der Waals surface area contributed by atoms with Crippen molar-refractivity contribution in [1.29, 1.82) is 0 Å². The molecule has 5 heteroatoms. The molecule has 1 aromatic rings. The van der Waals surface area contributed by atoms with Crippen LogP contribution in [0.15, 0.2) is 6.20 Å². The van der Waals surface area contributed by atoms with E-state index in [2.05, 4.69) is 27.1 Å². The first-order chi connectivity index (χ1) is 9.72. The maximum Gasteiger partial charge on any atom is 0.225 e. The van der Waals surface area contributed by atoms with Crippen LogP contribution in [-0.2, 0) is 11.3 Å². The zero-order chi connectivity index (χ0) is 13.9. The van der Waals surface area contributed by atoms with E-state index in [0.717, 1.165) is 43.8 Å². The average Bonchev–Trinajstić information content (AvgIpc) is 3.13. The molecule has 2 heterocycles. The van der Waals surface area contributed by atoms with E-state index in [-0.39, 0.29) is 0 Å². The quantitative estimate of drug-likeness (QED) is 0.856. The first-order valence-corrected chi connectivity index (χ1v) is 7.61. The number of hydrogen-bond acceptors (Lipinski definition) is 5. The SMILES string of the molecule is Cc1nc(N(C)CC2CCCO2)ncc1CNC1CC1. The second kappa shape index (κ2) is 6.06. The molecular formula is C15H24N4O. The van der Waals surface area contributed by atoms with Gasteiger partial charge in [-0.25, -0.2) is 9.97 Å². The molecular weight excluding hydrogens is 252 g/mol. The molecule has 5 nitrogen and oxygen atoms in total. The van der Waals surface area contributed by atoms with Crippen molar-refractivity contribution in [2.24, 2.45) is 0 Å². The molecule has 110 valence electrons. The van der Waals surface area contributed by atoms with Gasteiger partial charge in [0.2, 0.25) is 5.95 Å².